The number of fused-ring (bicyclic) bond motifs is 1. The smallest absolute Gasteiger partial charge is 0.225 e. The molecular formula is C17H30N2O2. The van der Waals surface area contributed by atoms with Gasteiger partial charge in [0.2, 0.25) is 11.8 Å². The molecule has 2 saturated carbocycles. The number of nitrogens with zero attached hydrogens (tertiary/aromatic N) is 1. The first kappa shape index (κ1) is 16.3. The first-order chi connectivity index (χ1) is 10.0. The van der Waals surface area contributed by atoms with Gasteiger partial charge in [0.25, 0.3) is 0 Å². The molecule has 0 aromatic carbocycles. The van der Waals surface area contributed by atoms with Crippen molar-refractivity contribution >= 4 is 11.8 Å². The van der Waals surface area contributed by atoms with Crippen LogP contribution >= 0.6 is 0 Å². The highest BCUT2D eigenvalue weighted by Crippen LogP contribution is 2.43. The van der Waals surface area contributed by atoms with E-state index in [0.717, 1.165) is 24.7 Å². The summed E-state index contributed by atoms with van der Waals surface area (Å²) in [6.45, 7) is 2.39. The maximum absolute atomic E-state index is 12.6. The molecule has 4 nitrogen and oxygen atoms in total. The van der Waals surface area contributed by atoms with E-state index in [1.807, 2.05) is 14.0 Å². The summed E-state index contributed by atoms with van der Waals surface area (Å²) in [7, 11) is 3.49. The molecule has 0 heterocycles. The van der Waals surface area contributed by atoms with E-state index in [9.17, 15) is 9.59 Å². The number of rotatable bonds is 4. The van der Waals surface area contributed by atoms with Crippen molar-refractivity contribution in [1.29, 1.82) is 0 Å². The Labute approximate surface area is 128 Å². The fraction of sp³-hybridized carbons (Fsp3) is 0.882. The Morgan fingerprint density at radius 3 is 2.48 bits per heavy atom. The lowest BCUT2D eigenvalue weighted by Crippen LogP contribution is -2.42. The van der Waals surface area contributed by atoms with Crippen LogP contribution in [0.5, 0.6) is 0 Å². The van der Waals surface area contributed by atoms with Crippen molar-refractivity contribution in [2.75, 3.05) is 20.6 Å². The van der Waals surface area contributed by atoms with Crippen molar-refractivity contribution in [3.05, 3.63) is 0 Å². The molecule has 21 heavy (non-hydrogen) atoms. The number of carbonyl (C=O) groups excluding carboxylic acids is 2. The quantitative estimate of drug-likeness (QED) is 0.865. The third-order valence-electron chi connectivity index (χ3n) is 5.51. The summed E-state index contributed by atoms with van der Waals surface area (Å²) in [5, 5.41) is 2.65. The van der Waals surface area contributed by atoms with Crippen LogP contribution in [-0.2, 0) is 9.59 Å². The zero-order valence-electron chi connectivity index (χ0n) is 13.7. The predicted molar refractivity (Wildman–Crippen MR) is 83.7 cm³/mol. The molecule has 0 radical (unpaired) electrons. The summed E-state index contributed by atoms with van der Waals surface area (Å²) < 4.78 is 0. The van der Waals surface area contributed by atoms with Gasteiger partial charge in [-0.15, -0.1) is 0 Å². The van der Waals surface area contributed by atoms with Gasteiger partial charge in [-0.3, -0.25) is 9.59 Å². The molecule has 0 unspecified atom stereocenters. The number of amides is 2. The zero-order valence-corrected chi connectivity index (χ0v) is 13.7. The minimum Gasteiger partial charge on any atom is -0.359 e. The number of nitrogens with one attached hydrogen (secondary N) is 1. The van der Waals surface area contributed by atoms with Crippen LogP contribution in [0.3, 0.4) is 0 Å². The van der Waals surface area contributed by atoms with E-state index in [1.54, 1.807) is 11.9 Å². The van der Waals surface area contributed by atoms with Gasteiger partial charge in [0.1, 0.15) is 0 Å². The first-order valence-corrected chi connectivity index (χ1v) is 8.49. The van der Waals surface area contributed by atoms with Gasteiger partial charge in [0, 0.05) is 26.6 Å². The van der Waals surface area contributed by atoms with Crippen molar-refractivity contribution < 1.29 is 9.59 Å². The Balaban J connectivity index is 1.86. The van der Waals surface area contributed by atoms with Crippen molar-refractivity contribution in [3.63, 3.8) is 0 Å². The van der Waals surface area contributed by atoms with Gasteiger partial charge in [0.15, 0.2) is 0 Å². The Morgan fingerprint density at radius 2 is 1.81 bits per heavy atom. The van der Waals surface area contributed by atoms with Crippen molar-refractivity contribution in [3.8, 4) is 0 Å². The van der Waals surface area contributed by atoms with E-state index in [1.165, 1.54) is 32.1 Å². The summed E-state index contributed by atoms with van der Waals surface area (Å²) in [5.74, 6) is 1.94. The fourth-order valence-corrected chi connectivity index (χ4v) is 4.24. The maximum Gasteiger partial charge on any atom is 0.225 e. The van der Waals surface area contributed by atoms with Crippen LogP contribution in [-0.4, -0.2) is 37.4 Å². The van der Waals surface area contributed by atoms with Crippen molar-refractivity contribution in [1.82, 2.24) is 10.2 Å². The Bertz CT molecular complexity index is 383. The van der Waals surface area contributed by atoms with Crippen LogP contribution in [0.4, 0.5) is 0 Å². The molecule has 0 spiro atoms. The molecular weight excluding hydrogens is 264 g/mol. The second-order valence-corrected chi connectivity index (χ2v) is 7.05. The standard InChI is InChI=1S/C17H30N2O2/c1-12(16(20)18-2)11-19(3)17(21)15-9-8-13-6-4-5-7-14(13)10-15/h12-15H,4-11H2,1-3H3,(H,18,20)/t12-,13+,14+,15-/m1/s1. The molecule has 0 aliphatic heterocycles. The Morgan fingerprint density at radius 1 is 1.14 bits per heavy atom. The summed E-state index contributed by atoms with van der Waals surface area (Å²) in [6.07, 6.45) is 8.73. The van der Waals surface area contributed by atoms with Crippen LogP contribution in [0.25, 0.3) is 0 Å². The Kier molecular flexibility index (Phi) is 5.65. The lowest BCUT2D eigenvalue weighted by molar-refractivity contribution is -0.138. The summed E-state index contributed by atoms with van der Waals surface area (Å²) >= 11 is 0. The molecule has 1 N–H and O–H groups in total. The Hall–Kier alpha value is -1.06. The minimum atomic E-state index is -0.144. The third kappa shape index (κ3) is 3.98. The molecule has 120 valence electrons. The van der Waals surface area contributed by atoms with E-state index in [4.69, 9.17) is 0 Å². The van der Waals surface area contributed by atoms with Crippen LogP contribution in [0.1, 0.15) is 51.9 Å². The van der Waals surface area contributed by atoms with E-state index in [2.05, 4.69) is 5.32 Å². The molecule has 0 aromatic heterocycles. The monoisotopic (exact) mass is 294 g/mol. The molecule has 0 aromatic rings. The average molecular weight is 294 g/mol. The summed E-state index contributed by atoms with van der Waals surface area (Å²) in [6, 6.07) is 0. The zero-order chi connectivity index (χ0) is 15.4. The predicted octanol–water partition coefficient (Wildman–Crippen LogP) is 2.43. The lowest BCUT2D eigenvalue weighted by atomic mass is 9.67. The van der Waals surface area contributed by atoms with Gasteiger partial charge >= 0.3 is 0 Å². The van der Waals surface area contributed by atoms with Gasteiger partial charge in [0.05, 0.1) is 5.92 Å². The number of hydrogen-bond acceptors (Lipinski definition) is 2. The van der Waals surface area contributed by atoms with Crippen molar-refractivity contribution in [2.24, 2.45) is 23.7 Å². The lowest BCUT2D eigenvalue weighted by Gasteiger charge is -2.39. The molecule has 0 saturated heterocycles. The van der Waals surface area contributed by atoms with Crippen LogP contribution in [0.2, 0.25) is 0 Å². The molecule has 0 bridgehead atoms. The normalized spacial score (nSPS) is 30.1. The molecule has 2 aliphatic rings. The minimum absolute atomic E-state index is 0.00522. The van der Waals surface area contributed by atoms with Crippen LogP contribution in [0, 0.1) is 23.7 Å². The molecule has 2 rings (SSSR count). The van der Waals surface area contributed by atoms with E-state index >= 15 is 0 Å². The van der Waals surface area contributed by atoms with Gasteiger partial charge < -0.3 is 10.2 Å². The average Bonchev–Trinajstić information content (AvgIpc) is 2.52. The van der Waals surface area contributed by atoms with E-state index in [-0.39, 0.29) is 23.7 Å². The van der Waals surface area contributed by atoms with E-state index in [0.29, 0.717) is 6.54 Å². The second-order valence-electron chi connectivity index (χ2n) is 7.05. The highest BCUT2D eigenvalue weighted by Gasteiger charge is 2.36. The fourth-order valence-electron chi connectivity index (χ4n) is 4.24. The highest BCUT2D eigenvalue weighted by atomic mass is 16.2. The summed E-state index contributed by atoms with van der Waals surface area (Å²) in [4.78, 5) is 26.0. The molecule has 2 aliphatic carbocycles. The van der Waals surface area contributed by atoms with Gasteiger partial charge in [-0.05, 0) is 31.1 Å². The third-order valence-corrected chi connectivity index (χ3v) is 5.51. The molecule has 2 fully saturated rings. The second kappa shape index (κ2) is 7.28. The molecule has 2 amide bonds. The maximum atomic E-state index is 12.6. The van der Waals surface area contributed by atoms with Crippen LogP contribution in [0.15, 0.2) is 0 Å². The van der Waals surface area contributed by atoms with Gasteiger partial charge in [-0.2, -0.15) is 0 Å². The number of carbonyl (C=O) groups is 2. The first-order valence-electron chi connectivity index (χ1n) is 8.49. The van der Waals surface area contributed by atoms with Gasteiger partial charge in [-0.25, -0.2) is 0 Å². The highest BCUT2D eigenvalue weighted by molar-refractivity contribution is 5.81. The number of hydrogen-bond donors (Lipinski definition) is 1. The van der Waals surface area contributed by atoms with E-state index < -0.39 is 0 Å². The van der Waals surface area contributed by atoms with Gasteiger partial charge in [-0.1, -0.05) is 32.6 Å². The van der Waals surface area contributed by atoms with Crippen molar-refractivity contribution in [2.45, 2.75) is 51.9 Å². The van der Waals surface area contributed by atoms with Crippen LogP contribution < -0.4 is 5.32 Å². The molecule has 4 atom stereocenters. The SMILES string of the molecule is CNC(=O)[C@H](C)CN(C)C(=O)[C@@H]1CC[C@@H]2CCCC[C@H]2C1. The largest absolute Gasteiger partial charge is 0.359 e. The summed E-state index contributed by atoms with van der Waals surface area (Å²) in [5.41, 5.74) is 0. The topological polar surface area (TPSA) is 49.4 Å². The molecule has 4 heteroatoms.